The van der Waals surface area contributed by atoms with Crippen LogP contribution in [0.25, 0.3) is 0 Å². The summed E-state index contributed by atoms with van der Waals surface area (Å²) in [6.07, 6.45) is 2.48. The van der Waals surface area contributed by atoms with Gasteiger partial charge in [-0.05, 0) is 42.0 Å². The molecule has 0 aliphatic carbocycles. The third kappa shape index (κ3) is 2.24. The fourth-order valence-electron chi connectivity index (χ4n) is 3.53. The van der Waals surface area contributed by atoms with Crippen molar-refractivity contribution in [2.24, 2.45) is 0 Å². The Hall–Kier alpha value is -3.05. The van der Waals surface area contributed by atoms with Crippen LogP contribution in [0.3, 0.4) is 0 Å². The van der Waals surface area contributed by atoms with Crippen LogP contribution in [0, 0.1) is 0 Å². The van der Waals surface area contributed by atoms with Gasteiger partial charge in [-0.2, -0.15) is 0 Å². The number of anilines is 1. The molecule has 2 atom stereocenters. The van der Waals surface area contributed by atoms with Gasteiger partial charge in [0.05, 0.1) is 5.69 Å². The molecule has 5 nitrogen and oxygen atoms in total. The maximum Gasteiger partial charge on any atom is 0.415 e. The number of halogens is 1. The third-order valence-electron chi connectivity index (χ3n) is 4.66. The normalized spacial score (nSPS) is 20.3. The number of ether oxygens (including phenoxy) is 2. The average molecular weight is 365 g/mol. The van der Waals surface area contributed by atoms with Gasteiger partial charge in [-0.3, -0.25) is 9.88 Å². The lowest BCUT2D eigenvalue weighted by Gasteiger charge is -2.23. The molecule has 3 heterocycles. The first-order valence-corrected chi connectivity index (χ1v) is 8.56. The molecule has 0 unspecified atom stereocenters. The van der Waals surface area contributed by atoms with Crippen molar-refractivity contribution in [1.82, 2.24) is 4.98 Å². The summed E-state index contributed by atoms with van der Waals surface area (Å²) in [6.45, 7) is 0. The number of carbonyl (C=O) groups is 1. The maximum atomic E-state index is 12.8. The zero-order valence-corrected chi connectivity index (χ0v) is 14.3. The predicted molar refractivity (Wildman–Crippen MR) is 96.6 cm³/mol. The molecule has 26 heavy (non-hydrogen) atoms. The van der Waals surface area contributed by atoms with Crippen LogP contribution in [-0.4, -0.2) is 11.1 Å². The highest BCUT2D eigenvalue weighted by atomic mass is 35.5. The number of cyclic esters (lactones) is 1. The number of rotatable bonds is 1. The highest BCUT2D eigenvalue weighted by molar-refractivity contribution is 6.31. The van der Waals surface area contributed by atoms with Gasteiger partial charge in [-0.1, -0.05) is 29.8 Å². The number of amides is 1. The first-order valence-electron chi connectivity index (χ1n) is 8.18. The maximum absolute atomic E-state index is 12.8. The van der Waals surface area contributed by atoms with Gasteiger partial charge < -0.3 is 9.47 Å². The number of nitrogens with zero attached hydrogens (tertiary/aromatic N) is 2. The van der Waals surface area contributed by atoms with Crippen molar-refractivity contribution in [2.45, 2.75) is 12.1 Å². The van der Waals surface area contributed by atoms with Crippen molar-refractivity contribution in [3.8, 4) is 11.5 Å². The summed E-state index contributed by atoms with van der Waals surface area (Å²) < 4.78 is 11.9. The Morgan fingerprint density at radius 1 is 1.00 bits per heavy atom. The molecule has 128 valence electrons. The number of aromatic nitrogens is 1. The Labute approximate surface area is 154 Å². The largest absolute Gasteiger partial charge is 0.455 e. The van der Waals surface area contributed by atoms with Crippen LogP contribution < -0.4 is 9.64 Å². The molecule has 2 aliphatic rings. The molecule has 1 amide bonds. The van der Waals surface area contributed by atoms with Gasteiger partial charge in [-0.15, -0.1) is 0 Å². The Morgan fingerprint density at radius 2 is 1.81 bits per heavy atom. The fourth-order valence-corrected chi connectivity index (χ4v) is 3.70. The van der Waals surface area contributed by atoms with E-state index in [1.165, 1.54) is 0 Å². The van der Waals surface area contributed by atoms with E-state index < -0.39 is 12.2 Å². The Bertz CT molecular complexity index is 1010. The molecule has 6 heteroatoms. The van der Waals surface area contributed by atoms with Crippen molar-refractivity contribution in [3.63, 3.8) is 0 Å². The van der Waals surface area contributed by atoms with Crippen LogP contribution in [0.15, 0.2) is 67.0 Å². The van der Waals surface area contributed by atoms with Crippen LogP contribution in [-0.2, 0) is 4.74 Å². The monoisotopic (exact) mass is 364 g/mol. The van der Waals surface area contributed by atoms with Gasteiger partial charge >= 0.3 is 6.09 Å². The lowest BCUT2D eigenvalue weighted by Crippen LogP contribution is -2.27. The molecular formula is C20H13ClN2O3. The van der Waals surface area contributed by atoms with E-state index in [1.807, 2.05) is 36.4 Å². The minimum absolute atomic E-state index is 0.360. The van der Waals surface area contributed by atoms with E-state index in [9.17, 15) is 4.79 Å². The Morgan fingerprint density at radius 3 is 2.65 bits per heavy atom. The fraction of sp³-hybridized carbons (Fsp3) is 0.100. The summed E-state index contributed by atoms with van der Waals surface area (Å²) in [4.78, 5) is 18.5. The molecule has 1 aromatic heterocycles. The van der Waals surface area contributed by atoms with Crippen LogP contribution in [0.1, 0.15) is 23.3 Å². The second-order valence-electron chi connectivity index (χ2n) is 6.15. The number of benzene rings is 2. The molecule has 1 fully saturated rings. The SMILES string of the molecule is O=C1O[C@@H](c2ccncc2)[C@H]2c3ccccc3Oc3ccc(Cl)cc3N12. The van der Waals surface area contributed by atoms with Crippen molar-refractivity contribution in [1.29, 1.82) is 0 Å². The minimum Gasteiger partial charge on any atom is -0.455 e. The van der Waals surface area contributed by atoms with E-state index >= 15 is 0 Å². The molecule has 0 spiro atoms. The van der Waals surface area contributed by atoms with E-state index in [0.717, 1.165) is 11.1 Å². The Kier molecular flexibility index (Phi) is 3.36. The quantitative estimate of drug-likeness (QED) is 0.589. The molecule has 5 rings (SSSR count). The first-order chi connectivity index (χ1) is 12.7. The number of fused-ring (bicyclic) bond motifs is 5. The minimum atomic E-state index is -0.472. The number of carbonyl (C=O) groups excluding carboxylic acids is 1. The second-order valence-corrected chi connectivity index (χ2v) is 6.59. The molecule has 3 aromatic rings. The molecule has 0 bridgehead atoms. The van der Waals surface area contributed by atoms with Gasteiger partial charge in [0.25, 0.3) is 0 Å². The highest BCUT2D eigenvalue weighted by Crippen LogP contribution is 2.53. The summed E-state index contributed by atoms with van der Waals surface area (Å²) in [5, 5.41) is 0.525. The first kappa shape index (κ1) is 15.2. The van der Waals surface area contributed by atoms with E-state index in [4.69, 9.17) is 21.1 Å². The highest BCUT2D eigenvalue weighted by Gasteiger charge is 2.48. The standard InChI is InChI=1S/C20H13ClN2O3/c21-13-5-6-17-15(11-13)23-18(14-3-1-2-4-16(14)25-17)19(26-20(23)24)12-7-9-22-10-8-12/h1-11,18-19H/t18-,19+/m1/s1. The summed E-state index contributed by atoms with van der Waals surface area (Å²) in [5.41, 5.74) is 2.36. The predicted octanol–water partition coefficient (Wildman–Crippen LogP) is 5.28. The van der Waals surface area contributed by atoms with E-state index in [1.54, 1.807) is 35.5 Å². The second kappa shape index (κ2) is 5.75. The molecule has 2 aliphatic heterocycles. The molecule has 0 radical (unpaired) electrons. The van der Waals surface area contributed by atoms with E-state index in [0.29, 0.717) is 22.2 Å². The number of hydrogen-bond donors (Lipinski definition) is 0. The summed E-state index contributed by atoms with van der Waals surface area (Å²) in [5.74, 6) is 1.26. The Balaban J connectivity index is 1.76. The lowest BCUT2D eigenvalue weighted by atomic mass is 9.95. The summed E-state index contributed by atoms with van der Waals surface area (Å²) >= 11 is 6.19. The van der Waals surface area contributed by atoms with Gasteiger partial charge in [0.15, 0.2) is 11.9 Å². The van der Waals surface area contributed by atoms with Crippen molar-refractivity contribution in [2.75, 3.05) is 4.90 Å². The van der Waals surface area contributed by atoms with Gasteiger partial charge in [0, 0.05) is 23.0 Å². The van der Waals surface area contributed by atoms with Crippen molar-refractivity contribution < 1.29 is 14.3 Å². The zero-order chi connectivity index (χ0) is 17.7. The van der Waals surface area contributed by atoms with E-state index in [2.05, 4.69) is 4.98 Å². The number of hydrogen-bond acceptors (Lipinski definition) is 4. The van der Waals surface area contributed by atoms with Gasteiger partial charge in [0.1, 0.15) is 11.8 Å². The number of pyridine rings is 1. The third-order valence-corrected chi connectivity index (χ3v) is 4.90. The van der Waals surface area contributed by atoms with E-state index in [-0.39, 0.29) is 6.04 Å². The lowest BCUT2D eigenvalue weighted by molar-refractivity contribution is 0.132. The van der Waals surface area contributed by atoms with Crippen LogP contribution in [0.5, 0.6) is 11.5 Å². The average Bonchev–Trinajstić information content (AvgIpc) is 2.93. The van der Waals surface area contributed by atoms with Gasteiger partial charge in [0.2, 0.25) is 0 Å². The molecule has 0 N–H and O–H groups in total. The zero-order valence-electron chi connectivity index (χ0n) is 13.5. The van der Waals surface area contributed by atoms with Crippen LogP contribution >= 0.6 is 11.6 Å². The van der Waals surface area contributed by atoms with Crippen LogP contribution in [0.2, 0.25) is 5.02 Å². The topological polar surface area (TPSA) is 51.7 Å². The van der Waals surface area contributed by atoms with Crippen molar-refractivity contribution in [3.05, 3.63) is 83.1 Å². The van der Waals surface area contributed by atoms with Gasteiger partial charge in [-0.25, -0.2) is 4.79 Å². The van der Waals surface area contributed by atoms with Crippen LogP contribution in [0.4, 0.5) is 10.5 Å². The molecule has 2 aromatic carbocycles. The summed E-state index contributed by atoms with van der Waals surface area (Å²) in [6, 6.07) is 16.3. The van der Waals surface area contributed by atoms with Crippen molar-refractivity contribution >= 4 is 23.4 Å². The number of para-hydroxylation sites is 1. The molecular weight excluding hydrogens is 352 g/mol. The molecule has 0 saturated carbocycles. The molecule has 1 saturated heterocycles. The smallest absolute Gasteiger partial charge is 0.415 e. The summed E-state index contributed by atoms with van der Waals surface area (Å²) in [7, 11) is 0.